The van der Waals surface area contributed by atoms with Crippen molar-refractivity contribution in [1.29, 1.82) is 0 Å². The van der Waals surface area contributed by atoms with Gasteiger partial charge in [-0.15, -0.1) is 0 Å². The summed E-state index contributed by atoms with van der Waals surface area (Å²) >= 11 is 0. The van der Waals surface area contributed by atoms with E-state index in [1.165, 1.54) is 5.56 Å². The van der Waals surface area contributed by atoms with Crippen molar-refractivity contribution in [2.24, 2.45) is 0 Å². The summed E-state index contributed by atoms with van der Waals surface area (Å²) in [7, 11) is 1.95. The van der Waals surface area contributed by atoms with Gasteiger partial charge in [0.2, 0.25) is 5.91 Å². The van der Waals surface area contributed by atoms with Crippen LogP contribution in [-0.4, -0.2) is 31.6 Å². The SMILES string of the molecule is CCNC(=O)CN(C)c1ccccc1CNC(C)(C)C. The van der Waals surface area contributed by atoms with Crippen molar-refractivity contribution in [3.05, 3.63) is 29.8 Å². The highest BCUT2D eigenvalue weighted by molar-refractivity contribution is 5.81. The van der Waals surface area contributed by atoms with Crippen molar-refractivity contribution in [3.63, 3.8) is 0 Å². The number of para-hydroxylation sites is 1. The maximum absolute atomic E-state index is 11.7. The Kier molecular flexibility index (Phi) is 6.02. The molecule has 4 nitrogen and oxygen atoms in total. The Labute approximate surface area is 122 Å². The first-order valence-electron chi connectivity index (χ1n) is 7.14. The third-order valence-electron chi connectivity index (χ3n) is 2.97. The average Bonchev–Trinajstić information content (AvgIpc) is 2.36. The van der Waals surface area contributed by atoms with Gasteiger partial charge in [-0.25, -0.2) is 0 Å². The van der Waals surface area contributed by atoms with Crippen LogP contribution >= 0.6 is 0 Å². The molecular weight excluding hydrogens is 250 g/mol. The first kappa shape index (κ1) is 16.5. The van der Waals surface area contributed by atoms with E-state index in [-0.39, 0.29) is 11.4 Å². The third kappa shape index (κ3) is 5.61. The van der Waals surface area contributed by atoms with Crippen LogP contribution in [0.2, 0.25) is 0 Å². The Hall–Kier alpha value is -1.55. The lowest BCUT2D eigenvalue weighted by molar-refractivity contribution is -0.119. The average molecular weight is 277 g/mol. The molecule has 0 saturated carbocycles. The molecule has 1 amide bonds. The summed E-state index contributed by atoms with van der Waals surface area (Å²) in [6, 6.07) is 8.19. The lowest BCUT2D eigenvalue weighted by Crippen LogP contribution is -2.37. The number of likely N-dealkylation sites (N-methyl/N-ethyl adjacent to an activating group) is 2. The summed E-state index contributed by atoms with van der Waals surface area (Å²) in [4.78, 5) is 13.7. The van der Waals surface area contributed by atoms with Crippen LogP contribution in [0.1, 0.15) is 33.3 Å². The number of carbonyl (C=O) groups excluding carboxylic acids is 1. The first-order valence-corrected chi connectivity index (χ1v) is 7.14. The zero-order valence-electron chi connectivity index (χ0n) is 13.3. The lowest BCUT2D eigenvalue weighted by Gasteiger charge is -2.25. The predicted molar refractivity (Wildman–Crippen MR) is 85.0 cm³/mol. The fourth-order valence-corrected chi connectivity index (χ4v) is 1.95. The van der Waals surface area contributed by atoms with Gasteiger partial charge in [-0.3, -0.25) is 4.79 Å². The number of nitrogens with one attached hydrogen (secondary N) is 2. The van der Waals surface area contributed by atoms with Gasteiger partial charge >= 0.3 is 0 Å². The van der Waals surface area contributed by atoms with Crippen LogP contribution in [0.15, 0.2) is 24.3 Å². The molecule has 0 spiro atoms. The van der Waals surface area contributed by atoms with E-state index in [4.69, 9.17) is 0 Å². The summed E-state index contributed by atoms with van der Waals surface area (Å²) in [6.07, 6.45) is 0. The van der Waals surface area contributed by atoms with Crippen LogP contribution in [0, 0.1) is 0 Å². The van der Waals surface area contributed by atoms with E-state index in [1.807, 2.05) is 31.0 Å². The number of hydrogen-bond acceptors (Lipinski definition) is 3. The molecule has 20 heavy (non-hydrogen) atoms. The molecule has 0 aliphatic heterocycles. The molecule has 0 fully saturated rings. The molecule has 112 valence electrons. The van der Waals surface area contributed by atoms with E-state index in [0.29, 0.717) is 13.1 Å². The van der Waals surface area contributed by atoms with Gasteiger partial charge in [0.15, 0.2) is 0 Å². The Morgan fingerprint density at radius 1 is 1.25 bits per heavy atom. The minimum Gasteiger partial charge on any atom is -0.365 e. The predicted octanol–water partition coefficient (Wildman–Crippen LogP) is 2.15. The van der Waals surface area contributed by atoms with Crippen molar-refractivity contribution in [2.45, 2.75) is 39.8 Å². The maximum atomic E-state index is 11.7. The molecule has 0 heterocycles. The van der Waals surface area contributed by atoms with E-state index >= 15 is 0 Å². The highest BCUT2D eigenvalue weighted by Crippen LogP contribution is 2.19. The number of rotatable bonds is 6. The van der Waals surface area contributed by atoms with Crippen molar-refractivity contribution < 1.29 is 4.79 Å². The van der Waals surface area contributed by atoms with Crippen molar-refractivity contribution in [3.8, 4) is 0 Å². The molecule has 0 bridgehead atoms. The maximum Gasteiger partial charge on any atom is 0.239 e. The second-order valence-corrected chi connectivity index (χ2v) is 6.04. The summed E-state index contributed by atoms with van der Waals surface area (Å²) < 4.78 is 0. The molecule has 0 unspecified atom stereocenters. The third-order valence-corrected chi connectivity index (χ3v) is 2.97. The standard InChI is InChI=1S/C16H27N3O/c1-6-17-15(20)12-19(5)14-10-8-7-9-13(14)11-18-16(2,3)4/h7-10,18H,6,11-12H2,1-5H3,(H,17,20). The normalized spacial score (nSPS) is 11.2. The second kappa shape index (κ2) is 7.29. The van der Waals surface area contributed by atoms with Gasteiger partial charge in [0.05, 0.1) is 6.54 Å². The number of benzene rings is 1. The quantitative estimate of drug-likeness (QED) is 0.837. The Bertz CT molecular complexity index is 438. The molecule has 1 aromatic carbocycles. The van der Waals surface area contributed by atoms with Crippen LogP contribution in [0.4, 0.5) is 5.69 Å². The zero-order valence-corrected chi connectivity index (χ0v) is 13.3. The molecule has 0 atom stereocenters. The summed E-state index contributed by atoms with van der Waals surface area (Å²) in [5, 5.41) is 6.31. The summed E-state index contributed by atoms with van der Waals surface area (Å²) in [5.74, 6) is 0.0496. The molecule has 0 radical (unpaired) electrons. The van der Waals surface area contributed by atoms with Crippen LogP contribution in [-0.2, 0) is 11.3 Å². The summed E-state index contributed by atoms with van der Waals surface area (Å²) in [6.45, 7) is 10.2. The highest BCUT2D eigenvalue weighted by Gasteiger charge is 2.13. The smallest absolute Gasteiger partial charge is 0.239 e. The molecule has 1 rings (SSSR count). The Morgan fingerprint density at radius 3 is 2.50 bits per heavy atom. The molecule has 0 aromatic heterocycles. The highest BCUT2D eigenvalue weighted by atomic mass is 16.2. The summed E-state index contributed by atoms with van der Waals surface area (Å²) in [5.41, 5.74) is 2.37. The zero-order chi connectivity index (χ0) is 15.2. The van der Waals surface area contributed by atoms with Gasteiger partial charge in [0, 0.05) is 31.4 Å². The Morgan fingerprint density at radius 2 is 1.90 bits per heavy atom. The molecule has 0 aliphatic rings. The van der Waals surface area contributed by atoms with Gasteiger partial charge in [-0.2, -0.15) is 0 Å². The van der Waals surface area contributed by atoms with Gasteiger partial charge < -0.3 is 15.5 Å². The van der Waals surface area contributed by atoms with E-state index in [9.17, 15) is 4.79 Å². The van der Waals surface area contributed by atoms with Crippen molar-refractivity contribution >= 4 is 11.6 Å². The number of carbonyl (C=O) groups is 1. The van der Waals surface area contributed by atoms with Crippen LogP contribution in [0.25, 0.3) is 0 Å². The monoisotopic (exact) mass is 277 g/mol. The minimum atomic E-state index is 0.0496. The van der Waals surface area contributed by atoms with E-state index in [0.717, 1.165) is 12.2 Å². The number of hydrogen-bond donors (Lipinski definition) is 2. The van der Waals surface area contributed by atoms with E-state index < -0.39 is 0 Å². The van der Waals surface area contributed by atoms with E-state index in [2.05, 4.69) is 43.5 Å². The fourth-order valence-electron chi connectivity index (χ4n) is 1.95. The van der Waals surface area contributed by atoms with E-state index in [1.54, 1.807) is 0 Å². The molecule has 0 aliphatic carbocycles. The number of amides is 1. The van der Waals surface area contributed by atoms with Gasteiger partial charge in [-0.05, 0) is 39.3 Å². The second-order valence-electron chi connectivity index (χ2n) is 6.04. The fraction of sp³-hybridized carbons (Fsp3) is 0.562. The largest absolute Gasteiger partial charge is 0.365 e. The molecular formula is C16H27N3O. The minimum absolute atomic E-state index is 0.0496. The van der Waals surface area contributed by atoms with Gasteiger partial charge in [-0.1, -0.05) is 18.2 Å². The molecule has 4 heteroatoms. The lowest BCUT2D eigenvalue weighted by atomic mass is 10.1. The van der Waals surface area contributed by atoms with Crippen LogP contribution < -0.4 is 15.5 Å². The molecule has 2 N–H and O–H groups in total. The Balaban J connectivity index is 2.76. The topological polar surface area (TPSA) is 44.4 Å². The van der Waals surface area contributed by atoms with Crippen molar-refractivity contribution in [1.82, 2.24) is 10.6 Å². The van der Waals surface area contributed by atoms with Crippen LogP contribution in [0.5, 0.6) is 0 Å². The number of anilines is 1. The first-order chi connectivity index (χ1) is 9.33. The van der Waals surface area contributed by atoms with Crippen molar-refractivity contribution in [2.75, 3.05) is 25.0 Å². The van der Waals surface area contributed by atoms with Gasteiger partial charge in [0.1, 0.15) is 0 Å². The molecule has 0 saturated heterocycles. The number of nitrogens with zero attached hydrogens (tertiary/aromatic N) is 1. The van der Waals surface area contributed by atoms with Gasteiger partial charge in [0.25, 0.3) is 0 Å². The molecule has 1 aromatic rings. The van der Waals surface area contributed by atoms with Crippen LogP contribution in [0.3, 0.4) is 0 Å².